The molecule has 30 heavy (non-hydrogen) atoms. The zero-order valence-electron chi connectivity index (χ0n) is 17.4. The third-order valence-corrected chi connectivity index (χ3v) is 5.43. The lowest BCUT2D eigenvalue weighted by Crippen LogP contribution is -2.49. The number of nitrogens with zero attached hydrogens (tertiary/aromatic N) is 4. The van der Waals surface area contributed by atoms with E-state index >= 15 is 0 Å². The second-order valence-electron chi connectivity index (χ2n) is 7.79. The van der Waals surface area contributed by atoms with Crippen molar-refractivity contribution in [2.24, 2.45) is 0 Å². The van der Waals surface area contributed by atoms with Crippen molar-refractivity contribution in [1.29, 1.82) is 0 Å². The van der Waals surface area contributed by atoms with Gasteiger partial charge < -0.3 is 9.42 Å². The van der Waals surface area contributed by atoms with Crippen LogP contribution in [0.5, 0.6) is 0 Å². The summed E-state index contributed by atoms with van der Waals surface area (Å²) in [6.07, 6.45) is 0. The Labute approximate surface area is 177 Å². The molecule has 2 aromatic carbocycles. The first-order chi connectivity index (χ1) is 14.7. The lowest BCUT2D eigenvalue weighted by Gasteiger charge is -2.35. The predicted molar refractivity (Wildman–Crippen MR) is 117 cm³/mol. The second kappa shape index (κ2) is 9.69. The molecular weight excluding hydrogens is 376 g/mol. The highest BCUT2D eigenvalue weighted by Crippen LogP contribution is 2.18. The number of aryl methyl sites for hydroxylation is 1. The summed E-state index contributed by atoms with van der Waals surface area (Å²) in [6.45, 7) is 7.27. The van der Waals surface area contributed by atoms with E-state index in [-0.39, 0.29) is 5.91 Å². The summed E-state index contributed by atoms with van der Waals surface area (Å²) in [5.74, 6) is 1.03. The van der Waals surface area contributed by atoms with Crippen LogP contribution in [-0.2, 0) is 17.9 Å². The van der Waals surface area contributed by atoms with Gasteiger partial charge in [-0.1, -0.05) is 53.7 Å². The van der Waals surface area contributed by atoms with E-state index in [4.69, 9.17) is 4.52 Å². The molecule has 0 spiro atoms. The van der Waals surface area contributed by atoms with E-state index in [2.05, 4.69) is 27.1 Å². The number of anilines is 1. The molecule has 1 aromatic heterocycles. The van der Waals surface area contributed by atoms with Crippen LogP contribution in [0.4, 0.5) is 5.69 Å². The van der Waals surface area contributed by atoms with Crippen molar-refractivity contribution in [2.75, 3.05) is 37.6 Å². The maximum atomic E-state index is 13.2. The van der Waals surface area contributed by atoms with Crippen molar-refractivity contribution in [2.45, 2.75) is 20.0 Å². The first-order valence-corrected chi connectivity index (χ1v) is 10.4. The molecule has 6 heteroatoms. The SMILES string of the molecule is Cc1cc(CN2CCN(CC(=O)N(Cc3ccccc3)c3ccccc3)CC2)on1. The number of hydrogen-bond donors (Lipinski definition) is 0. The van der Waals surface area contributed by atoms with Gasteiger partial charge in [0.1, 0.15) is 0 Å². The molecule has 156 valence electrons. The minimum Gasteiger partial charge on any atom is -0.360 e. The molecule has 1 saturated heterocycles. The van der Waals surface area contributed by atoms with Crippen molar-refractivity contribution in [3.8, 4) is 0 Å². The van der Waals surface area contributed by atoms with Crippen molar-refractivity contribution < 1.29 is 9.32 Å². The number of benzene rings is 2. The van der Waals surface area contributed by atoms with Gasteiger partial charge in [0, 0.05) is 37.9 Å². The summed E-state index contributed by atoms with van der Waals surface area (Å²) in [6, 6.07) is 22.1. The summed E-state index contributed by atoms with van der Waals surface area (Å²) >= 11 is 0. The molecule has 3 aromatic rings. The van der Waals surface area contributed by atoms with Gasteiger partial charge in [0.2, 0.25) is 5.91 Å². The van der Waals surface area contributed by atoms with Crippen LogP contribution >= 0.6 is 0 Å². The van der Waals surface area contributed by atoms with E-state index in [0.717, 1.165) is 55.4 Å². The maximum Gasteiger partial charge on any atom is 0.241 e. The van der Waals surface area contributed by atoms with E-state index in [1.165, 1.54) is 0 Å². The van der Waals surface area contributed by atoms with Gasteiger partial charge in [0.25, 0.3) is 0 Å². The Kier molecular flexibility index (Phi) is 6.57. The van der Waals surface area contributed by atoms with E-state index < -0.39 is 0 Å². The Balaban J connectivity index is 1.35. The molecule has 1 amide bonds. The Morgan fingerprint density at radius 3 is 2.23 bits per heavy atom. The zero-order chi connectivity index (χ0) is 20.8. The summed E-state index contributed by atoms with van der Waals surface area (Å²) in [4.78, 5) is 19.7. The molecule has 0 saturated carbocycles. The Bertz CT molecular complexity index is 934. The average Bonchev–Trinajstić information content (AvgIpc) is 3.19. The molecule has 1 aliphatic heterocycles. The van der Waals surface area contributed by atoms with Crippen LogP contribution in [0.2, 0.25) is 0 Å². The normalized spacial score (nSPS) is 15.2. The number of para-hydroxylation sites is 1. The highest BCUT2D eigenvalue weighted by molar-refractivity contribution is 5.94. The summed E-state index contributed by atoms with van der Waals surface area (Å²) in [5, 5.41) is 3.96. The van der Waals surface area contributed by atoms with Crippen LogP contribution in [0.3, 0.4) is 0 Å². The minimum atomic E-state index is 0.129. The number of piperazine rings is 1. The Morgan fingerprint density at radius 2 is 1.60 bits per heavy atom. The standard InChI is InChI=1S/C24H28N4O2/c1-20-16-23(30-25-20)18-26-12-14-27(15-13-26)19-24(29)28(22-10-6-3-7-11-22)17-21-8-4-2-5-9-21/h2-11,16H,12-15,17-19H2,1H3. The highest BCUT2D eigenvalue weighted by Gasteiger charge is 2.23. The number of rotatable bonds is 7. The average molecular weight is 405 g/mol. The summed E-state index contributed by atoms with van der Waals surface area (Å²) in [7, 11) is 0. The van der Waals surface area contributed by atoms with Gasteiger partial charge in [0.05, 0.1) is 25.3 Å². The molecule has 2 heterocycles. The smallest absolute Gasteiger partial charge is 0.241 e. The van der Waals surface area contributed by atoms with Crippen molar-refractivity contribution >= 4 is 11.6 Å². The summed E-state index contributed by atoms with van der Waals surface area (Å²) in [5.41, 5.74) is 2.97. The Hall–Kier alpha value is -2.96. The first-order valence-electron chi connectivity index (χ1n) is 10.4. The molecule has 0 atom stereocenters. The van der Waals surface area contributed by atoms with Gasteiger partial charge in [-0.15, -0.1) is 0 Å². The van der Waals surface area contributed by atoms with Crippen molar-refractivity contribution in [1.82, 2.24) is 15.0 Å². The fourth-order valence-electron chi connectivity index (χ4n) is 3.79. The number of amides is 1. The highest BCUT2D eigenvalue weighted by atomic mass is 16.5. The molecule has 0 aliphatic carbocycles. The first kappa shape index (κ1) is 20.3. The lowest BCUT2D eigenvalue weighted by atomic mass is 10.2. The lowest BCUT2D eigenvalue weighted by molar-refractivity contribution is -0.120. The number of aromatic nitrogens is 1. The summed E-state index contributed by atoms with van der Waals surface area (Å²) < 4.78 is 5.33. The predicted octanol–water partition coefficient (Wildman–Crippen LogP) is 3.33. The fourth-order valence-corrected chi connectivity index (χ4v) is 3.79. The van der Waals surface area contributed by atoms with Crippen molar-refractivity contribution in [3.63, 3.8) is 0 Å². The quantitative estimate of drug-likeness (QED) is 0.605. The van der Waals surface area contributed by atoms with Crippen LogP contribution in [0.25, 0.3) is 0 Å². The van der Waals surface area contributed by atoms with Crippen LogP contribution in [-0.4, -0.2) is 53.6 Å². The molecule has 4 rings (SSSR count). The van der Waals surface area contributed by atoms with Gasteiger partial charge in [0.15, 0.2) is 5.76 Å². The topological polar surface area (TPSA) is 52.8 Å². The Morgan fingerprint density at radius 1 is 0.967 bits per heavy atom. The fraction of sp³-hybridized carbons (Fsp3) is 0.333. The molecule has 1 fully saturated rings. The largest absolute Gasteiger partial charge is 0.360 e. The minimum absolute atomic E-state index is 0.129. The van der Waals surface area contributed by atoms with Gasteiger partial charge >= 0.3 is 0 Å². The van der Waals surface area contributed by atoms with Gasteiger partial charge in [-0.2, -0.15) is 0 Å². The third-order valence-electron chi connectivity index (χ3n) is 5.43. The molecule has 0 radical (unpaired) electrons. The van der Waals surface area contributed by atoms with E-state index in [0.29, 0.717) is 13.1 Å². The van der Waals surface area contributed by atoms with Gasteiger partial charge in [-0.25, -0.2) is 0 Å². The number of carbonyl (C=O) groups is 1. The van der Waals surface area contributed by atoms with Crippen LogP contribution < -0.4 is 4.90 Å². The molecular formula is C24H28N4O2. The van der Waals surface area contributed by atoms with Gasteiger partial charge in [-0.05, 0) is 24.6 Å². The molecule has 0 N–H and O–H groups in total. The van der Waals surface area contributed by atoms with E-state index in [9.17, 15) is 4.79 Å². The van der Waals surface area contributed by atoms with Crippen LogP contribution in [0, 0.1) is 6.92 Å². The van der Waals surface area contributed by atoms with Crippen molar-refractivity contribution in [3.05, 3.63) is 83.7 Å². The van der Waals surface area contributed by atoms with E-state index in [1.54, 1.807) is 0 Å². The second-order valence-corrected chi connectivity index (χ2v) is 7.79. The number of hydrogen-bond acceptors (Lipinski definition) is 5. The maximum absolute atomic E-state index is 13.2. The van der Waals surface area contributed by atoms with E-state index in [1.807, 2.05) is 66.4 Å². The molecule has 6 nitrogen and oxygen atoms in total. The van der Waals surface area contributed by atoms with Crippen LogP contribution in [0.15, 0.2) is 71.3 Å². The number of carbonyl (C=O) groups excluding carboxylic acids is 1. The van der Waals surface area contributed by atoms with Gasteiger partial charge in [-0.3, -0.25) is 14.6 Å². The third kappa shape index (κ3) is 5.34. The monoisotopic (exact) mass is 404 g/mol. The molecule has 0 bridgehead atoms. The molecule has 0 unspecified atom stereocenters. The molecule has 1 aliphatic rings. The van der Waals surface area contributed by atoms with Crippen LogP contribution in [0.1, 0.15) is 17.0 Å². The zero-order valence-corrected chi connectivity index (χ0v) is 17.4.